The van der Waals surface area contributed by atoms with Crippen molar-refractivity contribution >= 4 is 49.1 Å². The van der Waals surface area contributed by atoms with Gasteiger partial charge in [-0.3, -0.25) is 4.40 Å². The van der Waals surface area contributed by atoms with Gasteiger partial charge in [0.1, 0.15) is 11.2 Å². The van der Waals surface area contributed by atoms with E-state index in [1.165, 1.54) is 10.8 Å². The molecule has 0 spiro atoms. The van der Waals surface area contributed by atoms with Gasteiger partial charge in [0.2, 0.25) is 0 Å². The zero-order valence-electron chi connectivity index (χ0n) is 29.6. The third-order valence-electron chi connectivity index (χ3n) is 10.6. The van der Waals surface area contributed by atoms with Crippen LogP contribution in [0.4, 0.5) is 0 Å². The molecule has 0 fully saturated rings. The summed E-state index contributed by atoms with van der Waals surface area (Å²) in [7, 11) is 0. The molecule has 256 valence electrons. The molecule has 11 rings (SSSR count). The minimum Gasteiger partial charge on any atom is -0.284 e. The van der Waals surface area contributed by atoms with E-state index in [2.05, 4.69) is 156 Å². The summed E-state index contributed by atoms with van der Waals surface area (Å²) in [5.41, 5.74) is 11.3. The van der Waals surface area contributed by atoms with E-state index in [0.29, 0.717) is 5.82 Å². The lowest BCUT2D eigenvalue weighted by molar-refractivity contribution is 1.19. The first-order chi connectivity index (χ1) is 27.3. The summed E-state index contributed by atoms with van der Waals surface area (Å²) in [5.74, 6) is 0.685. The minimum atomic E-state index is 0.685. The molecule has 0 atom stereocenters. The number of aromatic nitrogens is 5. The van der Waals surface area contributed by atoms with Crippen LogP contribution < -0.4 is 0 Å². The lowest BCUT2D eigenvalue weighted by Gasteiger charge is -2.18. The first kappa shape index (κ1) is 31.1. The van der Waals surface area contributed by atoms with Crippen LogP contribution in [0.3, 0.4) is 0 Å². The van der Waals surface area contributed by atoms with E-state index < -0.39 is 0 Å². The Bertz CT molecular complexity index is 3200. The molecule has 0 amide bonds. The SMILES string of the molecule is c1ccc(-c2nc(-c3cc4ccccc4c4ccccc34)nc(-c3ccccc3)c2-c2cccc(-c3nc4c(nc5ccccn54)c4ccccc34)c2)cc1. The van der Waals surface area contributed by atoms with Crippen LogP contribution in [-0.4, -0.2) is 24.3 Å². The molecule has 4 heterocycles. The van der Waals surface area contributed by atoms with E-state index in [9.17, 15) is 0 Å². The maximum atomic E-state index is 5.51. The van der Waals surface area contributed by atoms with Gasteiger partial charge in [-0.2, -0.15) is 0 Å². The molecule has 5 heteroatoms. The van der Waals surface area contributed by atoms with Gasteiger partial charge in [-0.1, -0.05) is 158 Å². The van der Waals surface area contributed by atoms with E-state index in [0.717, 1.165) is 88.8 Å². The quantitative estimate of drug-likeness (QED) is 0.168. The van der Waals surface area contributed by atoms with Gasteiger partial charge in [0.05, 0.1) is 17.1 Å². The number of imidazole rings is 1. The van der Waals surface area contributed by atoms with Gasteiger partial charge in [0.15, 0.2) is 11.5 Å². The van der Waals surface area contributed by atoms with E-state index >= 15 is 0 Å². The molecule has 0 aliphatic carbocycles. The number of rotatable bonds is 5. The van der Waals surface area contributed by atoms with Crippen molar-refractivity contribution in [2.45, 2.75) is 0 Å². The van der Waals surface area contributed by atoms with Crippen molar-refractivity contribution in [3.8, 4) is 56.3 Å². The second-order valence-corrected chi connectivity index (χ2v) is 13.8. The van der Waals surface area contributed by atoms with Crippen molar-refractivity contribution in [2.75, 3.05) is 0 Å². The molecule has 11 aromatic rings. The highest BCUT2D eigenvalue weighted by Crippen LogP contribution is 2.43. The summed E-state index contributed by atoms with van der Waals surface area (Å²) in [5, 5.41) is 6.79. The highest BCUT2D eigenvalue weighted by Gasteiger charge is 2.23. The van der Waals surface area contributed by atoms with Gasteiger partial charge < -0.3 is 0 Å². The molecule has 5 nitrogen and oxygen atoms in total. The molecule has 0 saturated carbocycles. The Hall–Kier alpha value is -7.50. The van der Waals surface area contributed by atoms with Gasteiger partial charge in [-0.05, 0) is 51.4 Å². The summed E-state index contributed by atoms with van der Waals surface area (Å²) in [4.78, 5) is 21.4. The molecule has 0 aliphatic rings. The maximum Gasteiger partial charge on any atom is 0.165 e. The zero-order chi connectivity index (χ0) is 36.3. The first-order valence-electron chi connectivity index (χ1n) is 18.5. The molecule has 4 aromatic heterocycles. The van der Waals surface area contributed by atoms with Crippen LogP contribution in [-0.2, 0) is 0 Å². The fourth-order valence-corrected chi connectivity index (χ4v) is 8.08. The predicted octanol–water partition coefficient (Wildman–Crippen LogP) is 12.5. The van der Waals surface area contributed by atoms with Crippen molar-refractivity contribution < 1.29 is 0 Å². The third-order valence-corrected chi connectivity index (χ3v) is 10.6. The van der Waals surface area contributed by atoms with E-state index in [1.807, 2.05) is 36.5 Å². The molecule has 7 aromatic carbocycles. The average molecular weight is 702 g/mol. The zero-order valence-corrected chi connectivity index (χ0v) is 29.6. The monoisotopic (exact) mass is 701 g/mol. The van der Waals surface area contributed by atoms with Crippen LogP contribution in [0.1, 0.15) is 0 Å². The molecule has 0 bridgehead atoms. The van der Waals surface area contributed by atoms with E-state index in [4.69, 9.17) is 19.9 Å². The number of pyridine rings is 2. The topological polar surface area (TPSA) is 56.0 Å². The van der Waals surface area contributed by atoms with Crippen LogP contribution >= 0.6 is 0 Å². The van der Waals surface area contributed by atoms with Gasteiger partial charge >= 0.3 is 0 Å². The molecule has 55 heavy (non-hydrogen) atoms. The van der Waals surface area contributed by atoms with Crippen molar-refractivity contribution in [3.05, 3.63) is 188 Å². The first-order valence-corrected chi connectivity index (χ1v) is 18.5. The molecule has 0 radical (unpaired) electrons. The number of hydrogen-bond acceptors (Lipinski definition) is 4. The van der Waals surface area contributed by atoms with Crippen molar-refractivity contribution in [3.63, 3.8) is 0 Å². The van der Waals surface area contributed by atoms with Crippen LogP contribution in [0.25, 0.3) is 105 Å². The molecule has 0 saturated heterocycles. The maximum absolute atomic E-state index is 5.51. The Kier molecular flexibility index (Phi) is 7.10. The molecular weight excluding hydrogens is 671 g/mol. The van der Waals surface area contributed by atoms with Crippen LogP contribution in [0.5, 0.6) is 0 Å². The Morgan fingerprint density at radius 2 is 0.945 bits per heavy atom. The standard InChI is InChI=1S/C50H31N5/c1-3-16-32(17-4-1)46-44(35-21-15-22-36(30-35)45-40-26-11-12-27-41(40)48-50(54-45)55-29-14-13-28-43(55)51-48)47(33-18-5-2-6-19-33)53-49(52-46)42-31-34-20-7-8-23-37(34)38-24-9-10-25-39(38)42/h1-31H. The van der Waals surface area contributed by atoms with Crippen molar-refractivity contribution in [1.29, 1.82) is 0 Å². The van der Waals surface area contributed by atoms with E-state index in [1.54, 1.807) is 0 Å². The summed E-state index contributed by atoms with van der Waals surface area (Å²) >= 11 is 0. The van der Waals surface area contributed by atoms with Crippen LogP contribution in [0.2, 0.25) is 0 Å². The highest BCUT2D eigenvalue weighted by molar-refractivity contribution is 6.14. The fourth-order valence-electron chi connectivity index (χ4n) is 8.08. The summed E-state index contributed by atoms with van der Waals surface area (Å²) in [6, 6.07) is 63.5. The Morgan fingerprint density at radius 1 is 0.364 bits per heavy atom. The number of fused-ring (bicyclic) bond motifs is 8. The normalized spacial score (nSPS) is 11.6. The molecule has 0 aliphatic heterocycles. The Morgan fingerprint density at radius 3 is 1.69 bits per heavy atom. The van der Waals surface area contributed by atoms with Gasteiger partial charge in [0.25, 0.3) is 0 Å². The van der Waals surface area contributed by atoms with Crippen LogP contribution in [0, 0.1) is 0 Å². The Labute approximate surface area is 316 Å². The second-order valence-electron chi connectivity index (χ2n) is 13.8. The summed E-state index contributed by atoms with van der Waals surface area (Å²) < 4.78 is 2.07. The number of benzene rings is 7. The lowest BCUT2D eigenvalue weighted by atomic mass is 9.91. The van der Waals surface area contributed by atoms with Crippen molar-refractivity contribution in [2.24, 2.45) is 0 Å². The summed E-state index contributed by atoms with van der Waals surface area (Å²) in [6.07, 6.45) is 2.03. The second kappa shape index (κ2) is 12.6. The van der Waals surface area contributed by atoms with Crippen molar-refractivity contribution in [1.82, 2.24) is 24.3 Å². The third kappa shape index (κ3) is 5.09. The minimum absolute atomic E-state index is 0.685. The molecule has 0 N–H and O–H groups in total. The predicted molar refractivity (Wildman–Crippen MR) is 226 cm³/mol. The summed E-state index contributed by atoms with van der Waals surface area (Å²) in [6.45, 7) is 0. The number of hydrogen-bond donors (Lipinski definition) is 0. The highest BCUT2D eigenvalue weighted by atomic mass is 15.1. The molecule has 0 unspecified atom stereocenters. The van der Waals surface area contributed by atoms with Gasteiger partial charge in [-0.15, -0.1) is 0 Å². The molecular formula is C50H31N5. The average Bonchev–Trinajstić information content (AvgIpc) is 3.65. The largest absolute Gasteiger partial charge is 0.284 e. The van der Waals surface area contributed by atoms with Gasteiger partial charge in [0, 0.05) is 44.8 Å². The Balaban J connectivity index is 1.21. The fraction of sp³-hybridized carbons (Fsp3) is 0. The lowest BCUT2D eigenvalue weighted by Crippen LogP contribution is -2.01. The van der Waals surface area contributed by atoms with E-state index in [-0.39, 0.29) is 0 Å². The van der Waals surface area contributed by atoms with Crippen LogP contribution in [0.15, 0.2) is 188 Å². The van der Waals surface area contributed by atoms with Gasteiger partial charge in [-0.25, -0.2) is 19.9 Å². The number of nitrogens with zero attached hydrogens (tertiary/aromatic N) is 5. The smallest absolute Gasteiger partial charge is 0.165 e.